The molecule has 0 radical (unpaired) electrons. The summed E-state index contributed by atoms with van der Waals surface area (Å²) < 4.78 is 43.6. The number of carbonyl (C=O) groups excluding carboxylic acids is 2. The molecule has 2 N–H and O–H groups in total. The first kappa shape index (κ1) is 23.3. The maximum absolute atomic E-state index is 12.5. The number of amides is 1. The van der Waals surface area contributed by atoms with Gasteiger partial charge in [-0.1, -0.05) is 38.5 Å². The zero-order chi connectivity index (χ0) is 22.0. The average molecular weight is 444 g/mol. The third-order valence-corrected chi connectivity index (χ3v) is 7.89. The molecule has 9 nitrogen and oxygen atoms in total. The Hall–Kier alpha value is -1.33. The molecule has 0 aromatic heterocycles. The summed E-state index contributed by atoms with van der Waals surface area (Å²) in [5.74, 6) is 0.0315. The third-order valence-electron chi connectivity index (χ3n) is 6.84. The van der Waals surface area contributed by atoms with E-state index in [4.69, 9.17) is 9.39 Å². The summed E-state index contributed by atoms with van der Waals surface area (Å²) in [6.45, 7) is 1.84. The number of carbonyl (C=O) groups is 2. The molecule has 1 atom stereocenters. The van der Waals surface area contributed by atoms with Gasteiger partial charge in [-0.25, -0.2) is 13.2 Å². The molecule has 3 aliphatic rings. The average Bonchev–Trinajstić information content (AvgIpc) is 2.87. The molecule has 172 valence electrons. The van der Waals surface area contributed by atoms with Gasteiger partial charge in [-0.3, -0.25) is 4.79 Å². The predicted octanol–water partition coefficient (Wildman–Crippen LogP) is 2.27. The Morgan fingerprint density at radius 2 is 1.83 bits per heavy atom. The fourth-order valence-corrected chi connectivity index (χ4v) is 6.62. The Morgan fingerprint density at radius 3 is 2.40 bits per heavy atom. The van der Waals surface area contributed by atoms with E-state index in [9.17, 15) is 22.6 Å². The highest BCUT2D eigenvalue weighted by molar-refractivity contribution is 7.85. The summed E-state index contributed by atoms with van der Waals surface area (Å²) >= 11 is 0. The molecule has 3 fully saturated rings. The number of nitrogens with one attached hydrogen (secondary N) is 2. The fraction of sp³-hybridized carbons (Fsp3) is 0.895. The minimum Gasteiger partial charge on any atom is -0.748 e. The number of hydrogen-bond donors (Lipinski definition) is 2. The zero-order valence-corrected chi connectivity index (χ0v) is 18.7. The number of unbranched alkanes of at least 4 members (excludes halogenated alkanes) is 1. The summed E-state index contributed by atoms with van der Waals surface area (Å²) in [4.78, 5) is 24.3. The molecule has 2 bridgehead atoms. The van der Waals surface area contributed by atoms with Gasteiger partial charge in [-0.15, -0.1) is 11.6 Å². The van der Waals surface area contributed by atoms with Crippen LogP contribution in [0.2, 0.25) is 11.6 Å². The zero-order valence-electron chi connectivity index (χ0n) is 17.9. The summed E-state index contributed by atoms with van der Waals surface area (Å²) in [7, 11) is -4.49. The van der Waals surface area contributed by atoms with Crippen molar-refractivity contribution in [2.45, 2.75) is 94.9 Å². The topological polar surface area (TPSA) is 134 Å². The van der Waals surface area contributed by atoms with E-state index >= 15 is 0 Å². The molecule has 0 aromatic rings. The van der Waals surface area contributed by atoms with Crippen LogP contribution in [0.1, 0.15) is 71.6 Å². The molecular weight excluding hydrogens is 411 g/mol. The largest absolute Gasteiger partial charge is 0.748 e. The molecule has 0 aliphatic carbocycles. The molecule has 0 saturated carbocycles. The quantitative estimate of drug-likeness (QED) is 0.331. The van der Waals surface area contributed by atoms with Crippen molar-refractivity contribution in [2.75, 3.05) is 12.3 Å². The van der Waals surface area contributed by atoms with Gasteiger partial charge in [0, 0.05) is 6.54 Å². The van der Waals surface area contributed by atoms with Crippen LogP contribution in [0.25, 0.3) is 0 Å². The van der Waals surface area contributed by atoms with Crippen LogP contribution in [0.4, 0.5) is 4.79 Å². The van der Waals surface area contributed by atoms with Crippen molar-refractivity contribution in [2.24, 2.45) is 0 Å². The second kappa shape index (κ2) is 9.04. The van der Waals surface area contributed by atoms with Crippen LogP contribution in [0.15, 0.2) is 0 Å². The maximum atomic E-state index is 12.5. The van der Waals surface area contributed by atoms with E-state index < -0.39 is 34.0 Å². The van der Waals surface area contributed by atoms with Crippen molar-refractivity contribution in [3.05, 3.63) is 0 Å². The Bertz CT molecular complexity index is 736. The van der Waals surface area contributed by atoms with E-state index in [0.29, 0.717) is 31.0 Å². The predicted molar refractivity (Wildman–Crippen MR) is 111 cm³/mol. The summed E-state index contributed by atoms with van der Waals surface area (Å²) in [6, 6.07) is -0.278. The van der Waals surface area contributed by atoms with Crippen LogP contribution >= 0.6 is 0 Å². The molecule has 3 saturated heterocycles. The molecular formula is C19H33BN2O7S-2. The van der Waals surface area contributed by atoms with Crippen molar-refractivity contribution in [1.82, 2.24) is 10.5 Å². The van der Waals surface area contributed by atoms with Crippen LogP contribution in [-0.2, 0) is 24.3 Å². The third kappa shape index (κ3) is 5.67. The molecule has 3 heterocycles. The first-order chi connectivity index (χ1) is 14.0. The standard InChI is InChI=1S/C19H34BN2O7S/c1-19(2,13-30(25,26)27)28-18(24)21-12-4-3-11-16-17(23)29-20(22-16)14-7-5-8-15(20)10-6-9-14/h14-16,22H,3-13H2,1-2H3,(H,21,24)(H,25,26,27)/q-1/p-1/t14?,15?,16-,20?/m0/s1. The highest BCUT2D eigenvalue weighted by atomic mass is 32.2. The fourth-order valence-electron chi connectivity index (χ4n) is 5.71. The van der Waals surface area contributed by atoms with Crippen molar-refractivity contribution >= 4 is 28.7 Å². The van der Waals surface area contributed by atoms with Crippen LogP contribution in [0.5, 0.6) is 0 Å². The normalized spacial score (nSPS) is 31.4. The molecule has 0 aromatic carbocycles. The van der Waals surface area contributed by atoms with Gasteiger partial charge in [-0.05, 0) is 33.1 Å². The molecule has 1 spiro atoms. The lowest BCUT2D eigenvalue weighted by atomic mass is 9.28. The maximum Gasteiger partial charge on any atom is 0.407 e. The first-order valence-electron chi connectivity index (χ1n) is 11.1. The molecule has 11 heteroatoms. The highest BCUT2D eigenvalue weighted by Crippen LogP contribution is 2.53. The van der Waals surface area contributed by atoms with Crippen molar-refractivity contribution < 1.29 is 32.0 Å². The van der Waals surface area contributed by atoms with E-state index in [0.717, 1.165) is 32.1 Å². The van der Waals surface area contributed by atoms with E-state index in [2.05, 4.69) is 10.5 Å². The lowest BCUT2D eigenvalue weighted by molar-refractivity contribution is -0.134. The van der Waals surface area contributed by atoms with Gasteiger partial charge >= 0.3 is 6.09 Å². The number of hydrogen-bond acceptors (Lipinski definition) is 8. The minimum atomic E-state index is -4.49. The van der Waals surface area contributed by atoms with E-state index in [1.165, 1.54) is 26.7 Å². The van der Waals surface area contributed by atoms with Crippen molar-refractivity contribution in [3.63, 3.8) is 0 Å². The van der Waals surface area contributed by atoms with Crippen molar-refractivity contribution in [3.8, 4) is 0 Å². The number of alkyl carbamates (subject to hydrolysis) is 1. The molecule has 3 rings (SSSR count). The SMILES string of the molecule is CC(C)(CS(=O)(=O)[O-])OC(=O)NCCCC[C@@H]1N[B-]2(OC1=O)C1CCCC2CCC1. The van der Waals surface area contributed by atoms with Crippen LogP contribution < -0.4 is 10.5 Å². The van der Waals surface area contributed by atoms with Gasteiger partial charge in [0.1, 0.15) is 5.60 Å². The second-order valence-electron chi connectivity index (χ2n) is 9.73. The van der Waals surface area contributed by atoms with Crippen LogP contribution in [0, 0.1) is 0 Å². The Kier molecular flexibility index (Phi) is 7.03. The second-order valence-corrected chi connectivity index (χ2v) is 11.1. The van der Waals surface area contributed by atoms with E-state index in [1.807, 2.05) is 0 Å². The minimum absolute atomic E-state index is 0.137. The Labute approximate surface area is 178 Å². The molecule has 1 amide bonds. The number of ether oxygens (including phenoxy) is 1. The van der Waals surface area contributed by atoms with Crippen LogP contribution in [-0.4, -0.2) is 55.5 Å². The van der Waals surface area contributed by atoms with Gasteiger partial charge in [0.05, 0.1) is 21.9 Å². The Morgan fingerprint density at radius 1 is 1.23 bits per heavy atom. The first-order valence-corrected chi connectivity index (χ1v) is 12.7. The van der Waals surface area contributed by atoms with E-state index in [1.54, 1.807) is 0 Å². The lowest BCUT2D eigenvalue weighted by Crippen LogP contribution is -2.60. The molecule has 30 heavy (non-hydrogen) atoms. The van der Waals surface area contributed by atoms with Crippen LogP contribution in [0.3, 0.4) is 0 Å². The number of rotatable bonds is 8. The summed E-state index contributed by atoms with van der Waals surface area (Å²) in [5, 5.41) is 6.16. The summed E-state index contributed by atoms with van der Waals surface area (Å²) in [5.41, 5.74) is -1.39. The van der Waals surface area contributed by atoms with Crippen molar-refractivity contribution in [1.29, 1.82) is 0 Å². The lowest BCUT2D eigenvalue weighted by Gasteiger charge is -2.55. The monoisotopic (exact) mass is 444 g/mol. The van der Waals surface area contributed by atoms with Gasteiger partial charge in [0.15, 0.2) is 0 Å². The molecule has 0 unspecified atom stereocenters. The van der Waals surface area contributed by atoms with Gasteiger partial charge in [0.25, 0.3) is 5.97 Å². The highest BCUT2D eigenvalue weighted by Gasteiger charge is 2.52. The molecule has 3 aliphatic heterocycles. The van der Waals surface area contributed by atoms with E-state index in [-0.39, 0.29) is 12.0 Å². The summed E-state index contributed by atoms with van der Waals surface area (Å²) in [6.07, 6.45) is 8.26. The van der Waals surface area contributed by atoms with Gasteiger partial charge in [0.2, 0.25) is 6.48 Å². The van der Waals surface area contributed by atoms with Gasteiger partial charge < -0.3 is 24.5 Å². The Balaban J connectivity index is 1.38. The smallest absolute Gasteiger partial charge is 0.407 e. The van der Waals surface area contributed by atoms with Gasteiger partial charge in [-0.2, -0.15) is 0 Å².